The normalized spacial score (nSPS) is 11.3. The molecule has 0 aliphatic heterocycles. The van der Waals surface area contributed by atoms with Crippen LogP contribution in [0.4, 0.5) is 0 Å². The maximum atomic E-state index is 6.00. The number of benzene rings is 1. The molecule has 0 N–H and O–H groups in total. The predicted molar refractivity (Wildman–Crippen MR) is 66.3 cm³/mol. The molecular formula is C11H10BrClN2. The monoisotopic (exact) mass is 284 g/mol. The van der Waals surface area contributed by atoms with E-state index in [1.807, 2.05) is 18.2 Å². The summed E-state index contributed by atoms with van der Waals surface area (Å²) in [4.78, 5) is 0. The first kappa shape index (κ1) is 10.8. The Bertz CT molecular complexity index is 511. The summed E-state index contributed by atoms with van der Waals surface area (Å²) in [6, 6.07) is 5.95. The largest absolute Gasteiger partial charge is 0.159 e. The van der Waals surface area contributed by atoms with Gasteiger partial charge in [0.1, 0.15) is 0 Å². The lowest BCUT2D eigenvalue weighted by atomic mass is 10.0. The van der Waals surface area contributed by atoms with Crippen molar-refractivity contribution in [3.8, 4) is 0 Å². The van der Waals surface area contributed by atoms with Gasteiger partial charge in [-0.15, -0.1) is 5.10 Å². The number of rotatable bonds is 1. The molecule has 0 fully saturated rings. The topological polar surface area (TPSA) is 25.8 Å². The molecule has 0 saturated heterocycles. The minimum atomic E-state index is 0.339. The Labute approximate surface area is 102 Å². The van der Waals surface area contributed by atoms with Crippen LogP contribution in [-0.2, 0) is 0 Å². The number of halogens is 2. The average Bonchev–Trinajstić information content (AvgIpc) is 2.17. The zero-order chi connectivity index (χ0) is 11.0. The second-order valence-corrected chi connectivity index (χ2v) is 4.99. The van der Waals surface area contributed by atoms with Gasteiger partial charge in [-0.1, -0.05) is 47.4 Å². The molecule has 0 radical (unpaired) electrons. The van der Waals surface area contributed by atoms with E-state index in [9.17, 15) is 0 Å². The molecule has 4 heteroatoms. The summed E-state index contributed by atoms with van der Waals surface area (Å²) in [5, 5.41) is 10.6. The second kappa shape index (κ2) is 4.06. The van der Waals surface area contributed by atoms with Crippen molar-refractivity contribution < 1.29 is 0 Å². The van der Waals surface area contributed by atoms with Crippen LogP contribution >= 0.6 is 27.5 Å². The molecule has 0 aliphatic rings. The zero-order valence-corrected chi connectivity index (χ0v) is 10.8. The van der Waals surface area contributed by atoms with Crippen LogP contribution in [0.3, 0.4) is 0 Å². The van der Waals surface area contributed by atoms with E-state index in [1.165, 1.54) is 0 Å². The van der Waals surface area contributed by atoms with E-state index in [1.54, 1.807) is 0 Å². The van der Waals surface area contributed by atoms with Gasteiger partial charge < -0.3 is 0 Å². The highest BCUT2D eigenvalue weighted by Crippen LogP contribution is 2.29. The van der Waals surface area contributed by atoms with E-state index in [0.29, 0.717) is 11.1 Å². The van der Waals surface area contributed by atoms with Crippen LogP contribution in [-0.4, -0.2) is 10.2 Å². The van der Waals surface area contributed by atoms with Gasteiger partial charge in [0.25, 0.3) is 0 Å². The Morgan fingerprint density at radius 2 is 1.93 bits per heavy atom. The number of fused-ring (bicyclic) bond motifs is 1. The van der Waals surface area contributed by atoms with Crippen LogP contribution in [0, 0.1) is 0 Å². The Morgan fingerprint density at radius 1 is 1.20 bits per heavy atom. The number of aromatic nitrogens is 2. The number of hydrogen-bond donors (Lipinski definition) is 0. The summed E-state index contributed by atoms with van der Waals surface area (Å²) in [5.74, 6) is 0.339. The number of nitrogens with zero attached hydrogens (tertiary/aromatic N) is 2. The Hall–Kier alpha value is -0.670. The molecule has 0 unspecified atom stereocenters. The van der Waals surface area contributed by atoms with E-state index in [4.69, 9.17) is 11.6 Å². The molecule has 0 spiro atoms. The first-order chi connectivity index (χ1) is 7.09. The maximum absolute atomic E-state index is 6.00. The van der Waals surface area contributed by atoms with Crippen molar-refractivity contribution in [2.75, 3.05) is 0 Å². The summed E-state index contributed by atoms with van der Waals surface area (Å²) < 4.78 is 1.03. The molecule has 2 aromatic rings. The van der Waals surface area contributed by atoms with Crippen molar-refractivity contribution in [1.82, 2.24) is 10.2 Å². The molecule has 2 nitrogen and oxygen atoms in total. The highest BCUT2D eigenvalue weighted by Gasteiger charge is 2.10. The van der Waals surface area contributed by atoms with Crippen LogP contribution in [0.15, 0.2) is 22.7 Å². The molecule has 0 amide bonds. The van der Waals surface area contributed by atoms with Crippen LogP contribution in [0.2, 0.25) is 5.15 Å². The molecule has 1 heterocycles. The molecule has 0 bridgehead atoms. The zero-order valence-electron chi connectivity index (χ0n) is 8.46. The quantitative estimate of drug-likeness (QED) is 0.786. The van der Waals surface area contributed by atoms with Gasteiger partial charge >= 0.3 is 0 Å². The van der Waals surface area contributed by atoms with E-state index >= 15 is 0 Å². The van der Waals surface area contributed by atoms with Crippen LogP contribution in [0.5, 0.6) is 0 Å². The third kappa shape index (κ3) is 1.99. The van der Waals surface area contributed by atoms with Crippen molar-refractivity contribution in [2.45, 2.75) is 19.8 Å². The fourth-order valence-corrected chi connectivity index (χ4v) is 2.10. The fraction of sp³-hybridized carbons (Fsp3) is 0.273. The lowest BCUT2D eigenvalue weighted by molar-refractivity contribution is 0.799. The van der Waals surface area contributed by atoms with Crippen LogP contribution < -0.4 is 0 Å². The first-order valence-corrected chi connectivity index (χ1v) is 5.88. The SMILES string of the molecule is CC(C)c1nnc(Cl)c2ccc(Br)cc12. The van der Waals surface area contributed by atoms with Gasteiger partial charge in [0.2, 0.25) is 0 Å². The lowest BCUT2D eigenvalue weighted by Gasteiger charge is -2.08. The van der Waals surface area contributed by atoms with Crippen molar-refractivity contribution in [1.29, 1.82) is 0 Å². The summed E-state index contributed by atoms with van der Waals surface area (Å²) >= 11 is 9.45. The van der Waals surface area contributed by atoms with Gasteiger partial charge in [-0.25, -0.2) is 0 Å². The van der Waals surface area contributed by atoms with Gasteiger partial charge in [0.15, 0.2) is 5.15 Å². The average molecular weight is 286 g/mol. The third-order valence-corrected chi connectivity index (χ3v) is 3.04. The lowest BCUT2D eigenvalue weighted by Crippen LogP contribution is -1.97. The molecule has 1 aromatic carbocycles. The van der Waals surface area contributed by atoms with Crippen molar-refractivity contribution in [3.63, 3.8) is 0 Å². The second-order valence-electron chi connectivity index (χ2n) is 3.72. The first-order valence-electron chi connectivity index (χ1n) is 4.71. The minimum absolute atomic E-state index is 0.339. The van der Waals surface area contributed by atoms with Gasteiger partial charge in [0, 0.05) is 15.2 Å². The van der Waals surface area contributed by atoms with E-state index < -0.39 is 0 Å². The van der Waals surface area contributed by atoms with Gasteiger partial charge in [0.05, 0.1) is 5.69 Å². The third-order valence-electron chi connectivity index (χ3n) is 2.27. The molecule has 0 saturated carbocycles. The van der Waals surface area contributed by atoms with Crippen molar-refractivity contribution in [2.24, 2.45) is 0 Å². The molecular weight excluding hydrogens is 275 g/mol. The van der Waals surface area contributed by atoms with E-state index in [2.05, 4.69) is 40.0 Å². The standard InChI is InChI=1S/C11H10BrClN2/c1-6(2)10-9-5-7(12)3-4-8(9)11(13)15-14-10/h3-6H,1-2H3. The summed E-state index contributed by atoms with van der Waals surface area (Å²) in [6.45, 7) is 4.19. The maximum Gasteiger partial charge on any atom is 0.159 e. The van der Waals surface area contributed by atoms with Crippen LogP contribution in [0.25, 0.3) is 10.8 Å². The Morgan fingerprint density at radius 3 is 2.60 bits per heavy atom. The molecule has 0 atom stereocenters. The molecule has 15 heavy (non-hydrogen) atoms. The van der Waals surface area contributed by atoms with E-state index in [-0.39, 0.29) is 0 Å². The Balaban J connectivity index is 2.84. The minimum Gasteiger partial charge on any atom is -0.153 e. The highest BCUT2D eigenvalue weighted by atomic mass is 79.9. The molecule has 1 aromatic heterocycles. The van der Waals surface area contributed by atoms with Crippen molar-refractivity contribution in [3.05, 3.63) is 33.5 Å². The highest BCUT2D eigenvalue weighted by molar-refractivity contribution is 9.10. The summed E-state index contributed by atoms with van der Waals surface area (Å²) in [5.41, 5.74) is 0.982. The molecule has 78 valence electrons. The smallest absolute Gasteiger partial charge is 0.153 e. The summed E-state index contributed by atoms with van der Waals surface area (Å²) in [6.07, 6.45) is 0. The number of hydrogen-bond acceptors (Lipinski definition) is 2. The summed E-state index contributed by atoms with van der Waals surface area (Å²) in [7, 11) is 0. The van der Waals surface area contributed by atoms with Gasteiger partial charge in [-0.05, 0) is 18.1 Å². The van der Waals surface area contributed by atoms with Crippen molar-refractivity contribution >= 4 is 38.3 Å². The predicted octanol–water partition coefficient (Wildman–Crippen LogP) is 4.17. The van der Waals surface area contributed by atoms with Gasteiger partial charge in [-0.3, -0.25) is 0 Å². The van der Waals surface area contributed by atoms with Gasteiger partial charge in [-0.2, -0.15) is 5.10 Å². The van der Waals surface area contributed by atoms with Crippen LogP contribution in [0.1, 0.15) is 25.5 Å². The molecule has 0 aliphatic carbocycles. The Kier molecular flexibility index (Phi) is 2.94. The fourth-order valence-electron chi connectivity index (χ4n) is 1.54. The molecule has 2 rings (SSSR count). The van der Waals surface area contributed by atoms with E-state index in [0.717, 1.165) is 20.9 Å².